The highest BCUT2D eigenvalue weighted by Gasteiger charge is 2.15. The van der Waals surface area contributed by atoms with E-state index in [4.69, 9.17) is 9.47 Å². The van der Waals surface area contributed by atoms with Crippen LogP contribution in [0.4, 0.5) is 5.69 Å². The highest BCUT2D eigenvalue weighted by atomic mass is 127. The summed E-state index contributed by atoms with van der Waals surface area (Å²) in [6.45, 7) is 5.83. The normalized spacial score (nSPS) is 12.7. The van der Waals surface area contributed by atoms with Gasteiger partial charge >= 0.3 is 0 Å². The van der Waals surface area contributed by atoms with Crippen molar-refractivity contribution in [3.63, 3.8) is 0 Å². The average molecular weight is 536 g/mol. The zero-order valence-electron chi connectivity index (χ0n) is 17.6. The van der Waals surface area contributed by atoms with Gasteiger partial charge in [-0.1, -0.05) is 30.9 Å². The Labute approximate surface area is 200 Å². The quantitative estimate of drug-likeness (QED) is 0.150. The lowest BCUT2D eigenvalue weighted by atomic mass is 10.0. The minimum atomic E-state index is 0. The zero-order valence-corrected chi connectivity index (χ0v) is 20.0. The first-order valence-electron chi connectivity index (χ1n) is 10.0. The van der Waals surface area contributed by atoms with Crippen LogP contribution in [-0.4, -0.2) is 38.7 Å². The van der Waals surface area contributed by atoms with Crippen molar-refractivity contribution in [3.8, 4) is 11.5 Å². The zero-order chi connectivity index (χ0) is 21.2. The minimum absolute atomic E-state index is 0. The Bertz CT molecular complexity index is 917. The van der Waals surface area contributed by atoms with E-state index in [1.165, 1.54) is 0 Å². The van der Waals surface area contributed by atoms with Crippen LogP contribution < -0.4 is 25.4 Å². The molecule has 1 aliphatic heterocycles. The Hall–Kier alpha value is -2.75. The maximum absolute atomic E-state index is 11.4. The summed E-state index contributed by atoms with van der Waals surface area (Å²) in [5, 5.41) is 9.40. The van der Waals surface area contributed by atoms with Crippen LogP contribution in [0.5, 0.6) is 11.5 Å². The fourth-order valence-electron chi connectivity index (χ4n) is 3.13. The highest BCUT2D eigenvalue weighted by molar-refractivity contribution is 14.0. The summed E-state index contributed by atoms with van der Waals surface area (Å²) >= 11 is 0. The predicted octanol–water partition coefficient (Wildman–Crippen LogP) is 3.50. The molecule has 0 fully saturated rings. The van der Waals surface area contributed by atoms with Gasteiger partial charge in [-0.3, -0.25) is 9.79 Å². The van der Waals surface area contributed by atoms with Gasteiger partial charge in [-0.05, 0) is 36.2 Å². The minimum Gasteiger partial charge on any atom is -0.492 e. The molecule has 31 heavy (non-hydrogen) atoms. The molecular formula is C23H29IN4O3. The van der Waals surface area contributed by atoms with Crippen LogP contribution in [0.15, 0.2) is 60.1 Å². The van der Waals surface area contributed by atoms with E-state index in [0.717, 1.165) is 34.7 Å². The second-order valence-corrected chi connectivity index (χ2v) is 6.78. The summed E-state index contributed by atoms with van der Waals surface area (Å²) in [5.41, 5.74) is 3.02. The molecule has 0 spiro atoms. The number of benzene rings is 2. The number of carbonyl (C=O) groups is 1. The number of carbonyl (C=O) groups excluding carboxylic acids is 1. The molecule has 0 atom stereocenters. The van der Waals surface area contributed by atoms with Crippen LogP contribution in [-0.2, 0) is 17.8 Å². The Kier molecular flexibility index (Phi) is 10.2. The van der Waals surface area contributed by atoms with Crippen LogP contribution in [0, 0.1) is 0 Å². The van der Waals surface area contributed by atoms with Gasteiger partial charge in [0.05, 0.1) is 6.54 Å². The summed E-state index contributed by atoms with van der Waals surface area (Å²) in [7, 11) is 1.73. The summed E-state index contributed by atoms with van der Waals surface area (Å²) in [5.74, 6) is 2.37. The van der Waals surface area contributed by atoms with Gasteiger partial charge in [0.25, 0.3) is 0 Å². The molecule has 3 rings (SSSR count). The standard InChI is InChI=1S/C23H28N4O3.HI/c1-3-13-30-21-7-5-4-6-18(21)16-26-23(24-2)25-12-14-29-19-9-10-20-17(15-19)8-11-22(28)27-20;/h3-7,9-10,15H,1,8,11-14,16H2,2H3,(H,27,28)(H2,24,25,26);1H. The second kappa shape index (κ2) is 12.8. The van der Waals surface area contributed by atoms with Gasteiger partial charge in [-0.15, -0.1) is 24.0 Å². The molecule has 166 valence electrons. The molecule has 0 saturated heterocycles. The molecule has 2 aromatic carbocycles. The lowest BCUT2D eigenvalue weighted by molar-refractivity contribution is -0.116. The molecule has 8 heteroatoms. The highest BCUT2D eigenvalue weighted by Crippen LogP contribution is 2.26. The number of hydrogen-bond donors (Lipinski definition) is 3. The van der Waals surface area contributed by atoms with Gasteiger partial charge in [-0.25, -0.2) is 0 Å². The second-order valence-electron chi connectivity index (χ2n) is 6.78. The number of nitrogens with zero attached hydrogens (tertiary/aromatic N) is 1. The lowest BCUT2D eigenvalue weighted by Crippen LogP contribution is -2.38. The number of guanidine groups is 1. The van der Waals surface area contributed by atoms with Crippen LogP contribution >= 0.6 is 24.0 Å². The van der Waals surface area contributed by atoms with Crippen molar-refractivity contribution in [3.05, 3.63) is 66.2 Å². The van der Waals surface area contributed by atoms with E-state index < -0.39 is 0 Å². The summed E-state index contributed by atoms with van der Waals surface area (Å²) in [6, 6.07) is 13.6. The predicted molar refractivity (Wildman–Crippen MR) is 135 cm³/mol. The number of nitrogens with one attached hydrogen (secondary N) is 3. The van der Waals surface area contributed by atoms with E-state index in [9.17, 15) is 4.79 Å². The van der Waals surface area contributed by atoms with Crippen molar-refractivity contribution in [2.45, 2.75) is 19.4 Å². The van der Waals surface area contributed by atoms with E-state index >= 15 is 0 Å². The van der Waals surface area contributed by atoms with Crippen molar-refractivity contribution in [1.29, 1.82) is 0 Å². The van der Waals surface area contributed by atoms with Crippen LogP contribution in [0.2, 0.25) is 0 Å². The molecule has 2 aromatic rings. The van der Waals surface area contributed by atoms with E-state index in [0.29, 0.717) is 38.7 Å². The van der Waals surface area contributed by atoms with Crippen molar-refractivity contribution in [2.24, 2.45) is 4.99 Å². The molecule has 0 bridgehead atoms. The molecule has 0 unspecified atom stereocenters. The largest absolute Gasteiger partial charge is 0.492 e. The number of rotatable bonds is 9. The van der Waals surface area contributed by atoms with Crippen LogP contribution in [0.3, 0.4) is 0 Å². The first-order chi connectivity index (χ1) is 14.7. The fraction of sp³-hybridized carbons (Fsp3) is 0.304. The molecule has 1 heterocycles. The Morgan fingerprint density at radius 2 is 2.03 bits per heavy atom. The van der Waals surface area contributed by atoms with E-state index in [1.54, 1.807) is 13.1 Å². The first-order valence-corrected chi connectivity index (χ1v) is 10.0. The fourth-order valence-corrected chi connectivity index (χ4v) is 3.13. The monoisotopic (exact) mass is 536 g/mol. The molecule has 3 N–H and O–H groups in total. The molecule has 0 radical (unpaired) electrons. The molecule has 0 aliphatic carbocycles. The van der Waals surface area contributed by atoms with Crippen LogP contribution in [0.1, 0.15) is 17.5 Å². The average Bonchev–Trinajstić information content (AvgIpc) is 2.77. The van der Waals surface area contributed by atoms with Gasteiger partial charge in [0.1, 0.15) is 24.7 Å². The molecule has 0 aromatic heterocycles. The number of amides is 1. The van der Waals surface area contributed by atoms with Gasteiger partial charge in [0, 0.05) is 31.3 Å². The number of anilines is 1. The summed E-state index contributed by atoms with van der Waals surface area (Å²) < 4.78 is 11.5. The smallest absolute Gasteiger partial charge is 0.224 e. The van der Waals surface area contributed by atoms with Gasteiger partial charge in [-0.2, -0.15) is 0 Å². The SMILES string of the molecule is C=CCOc1ccccc1CNC(=NC)NCCOc1ccc2c(c1)CCC(=O)N2.I. The number of halogens is 1. The molecule has 0 saturated carbocycles. The lowest BCUT2D eigenvalue weighted by Gasteiger charge is -2.18. The Balaban J connectivity index is 0.00000341. The van der Waals surface area contributed by atoms with E-state index in [-0.39, 0.29) is 29.9 Å². The molecule has 7 nitrogen and oxygen atoms in total. The van der Waals surface area contributed by atoms with E-state index in [2.05, 4.69) is 27.5 Å². The third-order valence-corrected chi connectivity index (χ3v) is 4.63. The van der Waals surface area contributed by atoms with E-state index in [1.807, 2.05) is 42.5 Å². The van der Waals surface area contributed by atoms with Crippen molar-refractivity contribution < 1.29 is 14.3 Å². The molecule has 1 aliphatic rings. The van der Waals surface area contributed by atoms with Crippen LogP contribution in [0.25, 0.3) is 0 Å². The Morgan fingerprint density at radius 3 is 2.84 bits per heavy atom. The van der Waals surface area contributed by atoms with Gasteiger partial charge in [0.2, 0.25) is 5.91 Å². The third-order valence-electron chi connectivity index (χ3n) is 4.63. The number of hydrogen-bond acceptors (Lipinski definition) is 4. The maximum Gasteiger partial charge on any atom is 0.224 e. The Morgan fingerprint density at radius 1 is 1.19 bits per heavy atom. The number of aryl methyl sites for hydroxylation is 1. The van der Waals surface area contributed by atoms with Gasteiger partial charge in [0.15, 0.2) is 5.96 Å². The number of para-hydroxylation sites is 1. The topological polar surface area (TPSA) is 84.0 Å². The number of ether oxygens (including phenoxy) is 2. The number of aliphatic imine (C=N–C) groups is 1. The number of fused-ring (bicyclic) bond motifs is 1. The summed E-state index contributed by atoms with van der Waals surface area (Å²) in [4.78, 5) is 15.7. The van der Waals surface area contributed by atoms with Crippen molar-refractivity contribution in [1.82, 2.24) is 10.6 Å². The van der Waals surface area contributed by atoms with Crippen molar-refractivity contribution >= 4 is 41.5 Å². The van der Waals surface area contributed by atoms with Crippen molar-refractivity contribution in [2.75, 3.05) is 32.1 Å². The summed E-state index contributed by atoms with van der Waals surface area (Å²) in [6.07, 6.45) is 2.98. The van der Waals surface area contributed by atoms with Gasteiger partial charge < -0.3 is 25.4 Å². The molecule has 1 amide bonds. The molecular weight excluding hydrogens is 507 g/mol. The first kappa shape index (κ1) is 24.5. The maximum atomic E-state index is 11.4. The third kappa shape index (κ3) is 7.46.